The van der Waals surface area contributed by atoms with Crippen LogP contribution in [0.15, 0.2) is 91.4 Å². The van der Waals surface area contributed by atoms with Crippen LogP contribution >= 0.6 is 0 Å². The second kappa shape index (κ2) is 7.45. The first kappa shape index (κ1) is 19.0. The van der Waals surface area contributed by atoms with Crippen LogP contribution in [0.5, 0.6) is 0 Å². The van der Waals surface area contributed by atoms with E-state index in [2.05, 4.69) is 81.6 Å². The molecule has 2 aromatic carbocycles. The van der Waals surface area contributed by atoms with Crippen LogP contribution in [-0.4, -0.2) is 33.0 Å². The number of hydrogen-bond donors (Lipinski definition) is 1. The third kappa shape index (κ3) is 3.12. The number of benzene rings is 2. The Morgan fingerprint density at radius 1 is 0.844 bits per heavy atom. The first-order valence-corrected chi connectivity index (χ1v) is 11.3. The lowest BCUT2D eigenvalue weighted by Crippen LogP contribution is -2.51. The molecule has 0 bridgehead atoms. The molecular formula is C27H26N4O. The molecule has 2 aliphatic rings. The minimum absolute atomic E-state index is 0.124. The standard InChI is InChI=1S/C27H26N4O/c32-26(22-11-9-21(10-12-22)20-29-15-3-4-16-29)30-18-13-27(14-19-30)25-8-5-17-31(25)24-7-2-1-6-23(24)28-27/h1-12,15-17,28H,13-14,18-20H2. The summed E-state index contributed by atoms with van der Waals surface area (Å²) in [5.41, 5.74) is 5.47. The number of carbonyl (C=O) groups excluding carboxylic acids is 1. The van der Waals surface area contributed by atoms with Crippen LogP contribution in [0.1, 0.15) is 34.5 Å². The van der Waals surface area contributed by atoms with Crippen LogP contribution < -0.4 is 5.32 Å². The Morgan fingerprint density at radius 3 is 2.38 bits per heavy atom. The maximum atomic E-state index is 13.2. The Balaban J connectivity index is 1.17. The molecule has 160 valence electrons. The van der Waals surface area contributed by atoms with E-state index in [-0.39, 0.29) is 11.4 Å². The Kier molecular flexibility index (Phi) is 4.42. The fourth-order valence-electron chi connectivity index (χ4n) is 5.19. The molecule has 5 nitrogen and oxygen atoms in total. The fourth-order valence-corrected chi connectivity index (χ4v) is 5.19. The molecule has 0 unspecified atom stereocenters. The SMILES string of the molecule is O=C(c1ccc(Cn2cccc2)cc1)N1CCC2(CC1)Nc1ccccc1-n1cccc12. The molecule has 5 heteroatoms. The number of carbonyl (C=O) groups is 1. The summed E-state index contributed by atoms with van der Waals surface area (Å²) < 4.78 is 4.43. The summed E-state index contributed by atoms with van der Waals surface area (Å²) >= 11 is 0. The van der Waals surface area contributed by atoms with Crippen molar-refractivity contribution in [1.29, 1.82) is 0 Å². The lowest BCUT2D eigenvalue weighted by molar-refractivity contribution is 0.0676. The Hall–Kier alpha value is -3.73. The molecule has 1 N–H and O–H groups in total. The third-order valence-corrected chi connectivity index (χ3v) is 6.91. The van der Waals surface area contributed by atoms with E-state index < -0.39 is 0 Å². The minimum Gasteiger partial charge on any atom is -0.372 e. The van der Waals surface area contributed by atoms with Gasteiger partial charge < -0.3 is 19.4 Å². The Morgan fingerprint density at radius 2 is 1.59 bits per heavy atom. The summed E-state index contributed by atoms with van der Waals surface area (Å²) in [4.78, 5) is 15.2. The highest BCUT2D eigenvalue weighted by Crippen LogP contribution is 2.43. The van der Waals surface area contributed by atoms with E-state index in [4.69, 9.17) is 0 Å². The van der Waals surface area contributed by atoms with Gasteiger partial charge in [0.2, 0.25) is 0 Å². The van der Waals surface area contributed by atoms with Crippen molar-refractivity contribution in [3.8, 4) is 5.69 Å². The smallest absolute Gasteiger partial charge is 0.253 e. The molecule has 4 heterocycles. The fraction of sp³-hybridized carbons (Fsp3) is 0.222. The van der Waals surface area contributed by atoms with Gasteiger partial charge in [-0.15, -0.1) is 0 Å². The van der Waals surface area contributed by atoms with E-state index in [0.29, 0.717) is 0 Å². The van der Waals surface area contributed by atoms with Crippen molar-refractivity contribution in [1.82, 2.24) is 14.0 Å². The van der Waals surface area contributed by atoms with Crippen molar-refractivity contribution in [2.75, 3.05) is 18.4 Å². The molecule has 4 aromatic rings. The molecule has 1 fully saturated rings. The minimum atomic E-state index is -0.130. The first-order valence-electron chi connectivity index (χ1n) is 11.3. The molecule has 1 saturated heterocycles. The molecule has 1 spiro atoms. The molecule has 1 amide bonds. The largest absolute Gasteiger partial charge is 0.372 e. The Bertz CT molecular complexity index is 1250. The van der Waals surface area contributed by atoms with Gasteiger partial charge in [-0.25, -0.2) is 0 Å². The van der Waals surface area contributed by atoms with Gasteiger partial charge >= 0.3 is 0 Å². The third-order valence-electron chi connectivity index (χ3n) is 6.91. The number of amides is 1. The van der Waals surface area contributed by atoms with Crippen LogP contribution in [0.3, 0.4) is 0 Å². The van der Waals surface area contributed by atoms with Gasteiger partial charge in [0.25, 0.3) is 5.91 Å². The van der Waals surface area contributed by atoms with E-state index in [1.54, 1.807) is 0 Å². The number of aromatic nitrogens is 2. The summed E-state index contributed by atoms with van der Waals surface area (Å²) in [6.45, 7) is 2.30. The lowest BCUT2D eigenvalue weighted by Gasteiger charge is -2.46. The van der Waals surface area contributed by atoms with E-state index >= 15 is 0 Å². The van der Waals surface area contributed by atoms with Gasteiger partial charge in [-0.05, 0) is 66.9 Å². The molecule has 2 aliphatic heterocycles. The maximum Gasteiger partial charge on any atom is 0.253 e. The topological polar surface area (TPSA) is 42.2 Å². The summed E-state index contributed by atoms with van der Waals surface area (Å²) in [5, 5.41) is 3.82. The molecule has 0 radical (unpaired) electrons. The van der Waals surface area contributed by atoms with E-state index in [0.717, 1.165) is 43.7 Å². The predicted octanol–water partition coefficient (Wildman–Crippen LogP) is 4.88. The predicted molar refractivity (Wildman–Crippen MR) is 126 cm³/mol. The van der Waals surface area contributed by atoms with Crippen LogP contribution in [0.4, 0.5) is 5.69 Å². The highest BCUT2D eigenvalue weighted by atomic mass is 16.2. The van der Waals surface area contributed by atoms with Crippen LogP contribution in [0.2, 0.25) is 0 Å². The first-order chi connectivity index (χ1) is 15.7. The van der Waals surface area contributed by atoms with Gasteiger partial charge in [-0.2, -0.15) is 0 Å². The van der Waals surface area contributed by atoms with E-state index in [9.17, 15) is 4.79 Å². The van der Waals surface area contributed by atoms with Crippen LogP contribution in [0.25, 0.3) is 5.69 Å². The highest BCUT2D eigenvalue weighted by molar-refractivity contribution is 5.94. The summed E-state index contributed by atoms with van der Waals surface area (Å²) in [6.07, 6.45) is 8.03. The second-order valence-electron chi connectivity index (χ2n) is 8.83. The second-order valence-corrected chi connectivity index (χ2v) is 8.83. The van der Waals surface area contributed by atoms with E-state index in [1.807, 2.05) is 29.2 Å². The number of piperidine rings is 1. The number of fused-ring (bicyclic) bond motifs is 4. The average Bonchev–Trinajstić information content (AvgIpc) is 3.53. The van der Waals surface area contributed by atoms with Crippen molar-refractivity contribution in [2.24, 2.45) is 0 Å². The zero-order chi connectivity index (χ0) is 21.5. The molecule has 32 heavy (non-hydrogen) atoms. The summed E-state index contributed by atoms with van der Waals surface area (Å²) in [6, 6.07) is 24.9. The van der Waals surface area contributed by atoms with Gasteiger partial charge in [0, 0.05) is 49.5 Å². The van der Waals surface area contributed by atoms with Crippen LogP contribution in [-0.2, 0) is 12.1 Å². The number of hydrogen-bond acceptors (Lipinski definition) is 2. The van der Waals surface area contributed by atoms with Gasteiger partial charge in [0.1, 0.15) is 0 Å². The maximum absolute atomic E-state index is 13.2. The summed E-state index contributed by atoms with van der Waals surface area (Å²) in [7, 11) is 0. The number of anilines is 1. The summed E-state index contributed by atoms with van der Waals surface area (Å²) in [5.74, 6) is 0.124. The Labute approximate surface area is 187 Å². The monoisotopic (exact) mass is 422 g/mol. The van der Waals surface area contributed by atoms with Crippen molar-refractivity contribution in [2.45, 2.75) is 24.9 Å². The van der Waals surface area contributed by atoms with Gasteiger partial charge in [-0.3, -0.25) is 4.79 Å². The van der Waals surface area contributed by atoms with Gasteiger partial charge in [0.05, 0.1) is 16.9 Å². The van der Waals surface area contributed by atoms with Crippen molar-refractivity contribution in [3.63, 3.8) is 0 Å². The molecule has 0 atom stereocenters. The molecule has 0 aliphatic carbocycles. The van der Waals surface area contributed by atoms with E-state index in [1.165, 1.54) is 16.9 Å². The van der Waals surface area contributed by atoms with Gasteiger partial charge in [-0.1, -0.05) is 24.3 Å². The normalized spacial score (nSPS) is 16.3. The number of nitrogens with one attached hydrogen (secondary N) is 1. The molecule has 0 saturated carbocycles. The number of para-hydroxylation sites is 2. The molecular weight excluding hydrogens is 396 g/mol. The molecule has 6 rings (SSSR count). The van der Waals surface area contributed by atoms with Crippen molar-refractivity contribution >= 4 is 11.6 Å². The quantitative estimate of drug-likeness (QED) is 0.511. The van der Waals surface area contributed by atoms with Gasteiger partial charge in [0.15, 0.2) is 0 Å². The number of rotatable bonds is 3. The zero-order valence-electron chi connectivity index (χ0n) is 17.9. The zero-order valence-corrected chi connectivity index (χ0v) is 17.9. The highest BCUT2D eigenvalue weighted by Gasteiger charge is 2.42. The lowest BCUT2D eigenvalue weighted by atomic mass is 9.82. The molecule has 2 aromatic heterocycles. The average molecular weight is 423 g/mol. The number of nitrogens with zero attached hydrogens (tertiary/aromatic N) is 3. The number of likely N-dealkylation sites (tertiary alicyclic amines) is 1. The van der Waals surface area contributed by atoms with Crippen molar-refractivity contribution < 1.29 is 4.79 Å². The van der Waals surface area contributed by atoms with Crippen LogP contribution in [0, 0.1) is 0 Å². The van der Waals surface area contributed by atoms with Crippen molar-refractivity contribution in [3.05, 3.63) is 108 Å².